The van der Waals surface area contributed by atoms with Gasteiger partial charge < -0.3 is 5.11 Å². The minimum absolute atomic E-state index is 0.110. The summed E-state index contributed by atoms with van der Waals surface area (Å²) in [5.41, 5.74) is 0.907. The molecule has 0 aromatic carbocycles. The zero-order valence-corrected chi connectivity index (χ0v) is 15.3. The Morgan fingerprint density at radius 1 is 1.17 bits per heavy atom. The smallest absolute Gasteiger partial charge is 0.337 e. The summed E-state index contributed by atoms with van der Waals surface area (Å²) in [6.07, 6.45) is 4.36. The van der Waals surface area contributed by atoms with Gasteiger partial charge in [0.05, 0.1) is 5.57 Å². The summed E-state index contributed by atoms with van der Waals surface area (Å²) in [5.74, 6) is -1.06. The second-order valence-corrected chi connectivity index (χ2v) is 9.53. The van der Waals surface area contributed by atoms with Gasteiger partial charge in [-0.05, 0) is 53.4 Å². The molecule has 0 spiro atoms. The van der Waals surface area contributed by atoms with E-state index in [9.17, 15) is 18.3 Å². The van der Waals surface area contributed by atoms with E-state index in [1.165, 1.54) is 21.7 Å². The highest BCUT2D eigenvalue weighted by atomic mass is 32.2. The van der Waals surface area contributed by atoms with Gasteiger partial charge in [-0.1, -0.05) is 6.42 Å². The third kappa shape index (κ3) is 3.61. The Kier molecular flexibility index (Phi) is 5.19. The van der Waals surface area contributed by atoms with E-state index in [0.717, 1.165) is 36.2 Å². The molecular weight excluding hydrogens is 366 g/mol. The number of aliphatic carboxylic acids is 1. The Hall–Kier alpha value is -1.48. The second-order valence-electron chi connectivity index (χ2n) is 5.50. The van der Waals surface area contributed by atoms with Crippen LogP contribution in [0.25, 0.3) is 11.6 Å². The minimum Gasteiger partial charge on any atom is -0.478 e. The first-order chi connectivity index (χ1) is 11.5. The lowest BCUT2D eigenvalue weighted by Crippen LogP contribution is -2.35. The van der Waals surface area contributed by atoms with Gasteiger partial charge in [0.25, 0.3) is 10.0 Å². The van der Waals surface area contributed by atoms with E-state index in [4.69, 9.17) is 0 Å². The van der Waals surface area contributed by atoms with E-state index < -0.39 is 16.0 Å². The SMILES string of the molecule is O=C(O)/C(=C\c1ccsc1)c1ccc(S(=O)(=O)N2CCCCC2)s1. The molecule has 1 saturated heterocycles. The Morgan fingerprint density at radius 2 is 1.92 bits per heavy atom. The molecule has 0 aliphatic carbocycles. The van der Waals surface area contributed by atoms with E-state index in [1.807, 2.05) is 16.8 Å². The average molecular weight is 384 g/mol. The van der Waals surface area contributed by atoms with Crippen molar-refractivity contribution in [2.24, 2.45) is 0 Å². The van der Waals surface area contributed by atoms with Gasteiger partial charge in [-0.2, -0.15) is 15.6 Å². The summed E-state index contributed by atoms with van der Waals surface area (Å²) < 4.78 is 27.1. The molecule has 0 saturated carbocycles. The first-order valence-electron chi connectivity index (χ1n) is 7.56. The summed E-state index contributed by atoms with van der Waals surface area (Å²) in [5, 5.41) is 13.2. The summed E-state index contributed by atoms with van der Waals surface area (Å²) >= 11 is 2.50. The molecule has 8 heteroatoms. The summed E-state index contributed by atoms with van der Waals surface area (Å²) in [7, 11) is -3.53. The molecule has 0 unspecified atom stereocenters. The summed E-state index contributed by atoms with van der Waals surface area (Å²) in [6, 6.07) is 4.91. The number of carbonyl (C=O) groups is 1. The quantitative estimate of drug-likeness (QED) is 0.801. The van der Waals surface area contributed by atoms with E-state index in [-0.39, 0.29) is 9.78 Å². The molecule has 3 rings (SSSR count). The molecule has 2 aromatic rings. The van der Waals surface area contributed by atoms with Crippen LogP contribution in [0.15, 0.2) is 33.2 Å². The summed E-state index contributed by atoms with van der Waals surface area (Å²) in [4.78, 5) is 12.0. The standard InChI is InChI=1S/C16H17NO4S3/c18-16(19)13(10-12-6-9-22-11-12)14-4-5-15(23-14)24(20,21)17-7-2-1-3-8-17/h4-6,9-11H,1-3,7-8H2,(H,18,19)/b13-10-. The topological polar surface area (TPSA) is 74.7 Å². The molecule has 5 nitrogen and oxygen atoms in total. The van der Waals surface area contributed by atoms with E-state index in [0.29, 0.717) is 18.0 Å². The first-order valence-corrected chi connectivity index (χ1v) is 10.8. The van der Waals surface area contributed by atoms with Crippen molar-refractivity contribution in [3.8, 4) is 0 Å². The molecular formula is C16H17NO4S3. The van der Waals surface area contributed by atoms with Gasteiger partial charge in [0.15, 0.2) is 0 Å². The lowest BCUT2D eigenvalue weighted by molar-refractivity contribution is -0.130. The predicted octanol–water partition coefficient (Wildman–Crippen LogP) is 3.61. The number of carboxylic acid groups (broad SMARTS) is 1. The number of nitrogens with zero attached hydrogens (tertiary/aromatic N) is 1. The van der Waals surface area contributed by atoms with E-state index >= 15 is 0 Å². The summed E-state index contributed by atoms with van der Waals surface area (Å²) in [6.45, 7) is 1.07. The number of sulfonamides is 1. The van der Waals surface area contributed by atoms with Gasteiger partial charge in [-0.15, -0.1) is 11.3 Å². The normalized spacial score (nSPS) is 17.1. The van der Waals surface area contributed by atoms with E-state index in [2.05, 4.69) is 0 Å². The van der Waals surface area contributed by atoms with Crippen LogP contribution in [0.1, 0.15) is 29.7 Å². The fourth-order valence-electron chi connectivity index (χ4n) is 2.60. The molecule has 0 bridgehead atoms. The van der Waals surface area contributed by atoms with Crippen molar-refractivity contribution in [1.29, 1.82) is 0 Å². The molecule has 0 radical (unpaired) electrons. The largest absolute Gasteiger partial charge is 0.478 e. The number of thiophene rings is 2. The number of hydrogen-bond donors (Lipinski definition) is 1. The molecule has 0 atom stereocenters. The Balaban J connectivity index is 1.92. The molecule has 2 aromatic heterocycles. The van der Waals surface area contributed by atoms with Gasteiger partial charge in [0.1, 0.15) is 4.21 Å². The molecule has 1 aliphatic rings. The maximum absolute atomic E-state index is 12.7. The van der Waals surface area contributed by atoms with E-state index in [1.54, 1.807) is 12.1 Å². The second kappa shape index (κ2) is 7.18. The fraction of sp³-hybridized carbons (Fsp3) is 0.312. The van der Waals surface area contributed by atoms with Crippen molar-refractivity contribution in [2.45, 2.75) is 23.5 Å². The van der Waals surface area contributed by atoms with Crippen molar-refractivity contribution < 1.29 is 18.3 Å². The van der Waals surface area contributed by atoms with Crippen molar-refractivity contribution in [2.75, 3.05) is 13.1 Å². The highest BCUT2D eigenvalue weighted by Crippen LogP contribution is 2.32. The van der Waals surface area contributed by atoms with Crippen LogP contribution in [0, 0.1) is 0 Å². The van der Waals surface area contributed by atoms with Gasteiger partial charge >= 0.3 is 5.97 Å². The molecule has 3 heterocycles. The number of piperidine rings is 1. The van der Waals surface area contributed by atoms with Crippen LogP contribution < -0.4 is 0 Å². The zero-order chi connectivity index (χ0) is 17.2. The van der Waals surface area contributed by atoms with Crippen LogP contribution in [-0.2, 0) is 14.8 Å². The van der Waals surface area contributed by atoms with Crippen LogP contribution in [-0.4, -0.2) is 36.9 Å². The first kappa shape index (κ1) is 17.3. The van der Waals surface area contributed by atoms with Crippen molar-refractivity contribution >= 4 is 50.3 Å². The van der Waals surface area contributed by atoms with Gasteiger partial charge in [0, 0.05) is 18.0 Å². The fourth-order valence-corrected chi connectivity index (χ4v) is 6.20. The highest BCUT2D eigenvalue weighted by molar-refractivity contribution is 7.91. The average Bonchev–Trinajstić information content (AvgIpc) is 3.25. The number of rotatable bonds is 5. The molecule has 0 amide bonds. The Labute approximate surface area is 148 Å². The monoisotopic (exact) mass is 383 g/mol. The molecule has 24 heavy (non-hydrogen) atoms. The third-order valence-corrected chi connectivity index (χ3v) is 8.03. The van der Waals surface area contributed by atoms with Crippen molar-refractivity contribution in [3.05, 3.63) is 39.4 Å². The highest BCUT2D eigenvalue weighted by Gasteiger charge is 2.28. The lowest BCUT2D eigenvalue weighted by Gasteiger charge is -2.25. The van der Waals surface area contributed by atoms with Gasteiger partial charge in [0.2, 0.25) is 0 Å². The van der Waals surface area contributed by atoms with Crippen LogP contribution >= 0.6 is 22.7 Å². The van der Waals surface area contributed by atoms with Gasteiger partial charge in [-0.25, -0.2) is 13.2 Å². The lowest BCUT2D eigenvalue weighted by atomic mass is 10.1. The molecule has 1 fully saturated rings. The van der Waals surface area contributed by atoms with Crippen LogP contribution in [0.3, 0.4) is 0 Å². The Bertz CT molecular complexity index is 844. The van der Waals surface area contributed by atoms with Gasteiger partial charge in [-0.3, -0.25) is 0 Å². The maximum atomic E-state index is 12.7. The molecule has 1 N–H and O–H groups in total. The van der Waals surface area contributed by atoms with Crippen molar-refractivity contribution in [3.63, 3.8) is 0 Å². The van der Waals surface area contributed by atoms with Crippen LogP contribution in [0.5, 0.6) is 0 Å². The number of hydrogen-bond acceptors (Lipinski definition) is 5. The Morgan fingerprint density at radius 3 is 2.54 bits per heavy atom. The minimum atomic E-state index is -3.53. The molecule has 128 valence electrons. The molecule has 1 aliphatic heterocycles. The maximum Gasteiger partial charge on any atom is 0.337 e. The zero-order valence-electron chi connectivity index (χ0n) is 12.8. The van der Waals surface area contributed by atoms with Crippen molar-refractivity contribution in [1.82, 2.24) is 4.31 Å². The van der Waals surface area contributed by atoms with Crippen LogP contribution in [0.2, 0.25) is 0 Å². The predicted molar refractivity (Wildman–Crippen MR) is 96.8 cm³/mol. The van der Waals surface area contributed by atoms with Crippen LogP contribution in [0.4, 0.5) is 0 Å². The third-order valence-electron chi connectivity index (χ3n) is 3.84. The number of carboxylic acids is 1.